The molecule has 3 nitrogen and oxygen atoms in total. The molecule has 4 heteroatoms. The zero-order chi connectivity index (χ0) is 13.7. The quantitative estimate of drug-likeness (QED) is 0.911. The normalized spacial score (nSPS) is 10.2. The molecule has 19 heavy (non-hydrogen) atoms. The summed E-state index contributed by atoms with van der Waals surface area (Å²) >= 11 is 1.48. The Hall–Kier alpha value is -1.81. The maximum absolute atomic E-state index is 11.9. The van der Waals surface area contributed by atoms with Gasteiger partial charge in [-0.2, -0.15) is 0 Å². The van der Waals surface area contributed by atoms with E-state index < -0.39 is 0 Å². The summed E-state index contributed by atoms with van der Waals surface area (Å²) in [4.78, 5) is 12.7. The number of ether oxygens (including phenoxy) is 1. The molecule has 1 heterocycles. The fourth-order valence-corrected chi connectivity index (χ4v) is 2.68. The first-order chi connectivity index (χ1) is 9.20. The zero-order valence-corrected chi connectivity index (χ0v) is 11.9. The van der Waals surface area contributed by atoms with Gasteiger partial charge in [0.25, 0.3) is 5.91 Å². The van der Waals surface area contributed by atoms with E-state index >= 15 is 0 Å². The molecular weight excluding hydrogens is 258 g/mol. The molecule has 0 atom stereocenters. The summed E-state index contributed by atoms with van der Waals surface area (Å²) in [6.07, 6.45) is 0.799. The minimum absolute atomic E-state index is 0.00963. The van der Waals surface area contributed by atoms with Gasteiger partial charge in [0.05, 0.1) is 12.0 Å². The summed E-state index contributed by atoms with van der Waals surface area (Å²) < 4.78 is 5.17. The highest BCUT2D eigenvalue weighted by Crippen LogP contribution is 2.15. The lowest BCUT2D eigenvalue weighted by molar-refractivity contribution is 0.0957. The highest BCUT2D eigenvalue weighted by Gasteiger charge is 2.09. The first-order valence-corrected chi connectivity index (χ1v) is 7.04. The van der Waals surface area contributed by atoms with Gasteiger partial charge in [-0.1, -0.05) is 12.1 Å². The molecule has 1 aromatic heterocycles. The first kappa shape index (κ1) is 13.6. The Morgan fingerprint density at radius 1 is 1.37 bits per heavy atom. The van der Waals surface area contributed by atoms with Crippen molar-refractivity contribution in [3.05, 3.63) is 51.7 Å². The third-order valence-corrected chi connectivity index (χ3v) is 3.92. The summed E-state index contributed by atoms with van der Waals surface area (Å²) in [5.41, 5.74) is 2.19. The number of methoxy groups -OCH3 is 1. The second kappa shape index (κ2) is 6.38. The fourth-order valence-electron chi connectivity index (χ4n) is 1.83. The van der Waals surface area contributed by atoms with Crippen molar-refractivity contribution in [3.63, 3.8) is 0 Å². The molecule has 1 aromatic carbocycles. The molecule has 0 unspecified atom stereocenters. The Kier molecular flexibility index (Phi) is 4.58. The van der Waals surface area contributed by atoms with Gasteiger partial charge in [-0.25, -0.2) is 0 Å². The highest BCUT2D eigenvalue weighted by atomic mass is 32.1. The Morgan fingerprint density at radius 2 is 2.21 bits per heavy atom. The standard InChI is InChI=1S/C15H17NO2S/c1-11-7-9-19-14(11)15(17)16-8-6-12-4-3-5-13(10-12)18-2/h3-5,7,9-10H,6,8H2,1-2H3,(H,16,17). The Labute approximate surface area is 117 Å². The van der Waals surface area contributed by atoms with Crippen LogP contribution in [0.3, 0.4) is 0 Å². The van der Waals surface area contributed by atoms with E-state index in [1.165, 1.54) is 11.3 Å². The molecule has 100 valence electrons. The molecule has 0 saturated heterocycles. The maximum atomic E-state index is 11.9. The number of hydrogen-bond donors (Lipinski definition) is 1. The van der Waals surface area contributed by atoms with Crippen LogP contribution in [0.1, 0.15) is 20.8 Å². The average Bonchev–Trinajstić information content (AvgIpc) is 2.85. The SMILES string of the molecule is COc1cccc(CCNC(=O)c2sccc2C)c1. The monoisotopic (exact) mass is 275 g/mol. The van der Waals surface area contributed by atoms with Crippen molar-refractivity contribution in [1.82, 2.24) is 5.32 Å². The molecule has 2 aromatic rings. The van der Waals surface area contributed by atoms with Gasteiger partial charge in [0.2, 0.25) is 0 Å². The molecule has 2 rings (SSSR count). The molecule has 0 aliphatic rings. The minimum Gasteiger partial charge on any atom is -0.497 e. The number of carbonyl (C=O) groups excluding carboxylic acids is 1. The van der Waals surface area contributed by atoms with Crippen molar-refractivity contribution in [2.24, 2.45) is 0 Å². The molecule has 0 aliphatic heterocycles. The van der Waals surface area contributed by atoms with Crippen LogP contribution in [0.4, 0.5) is 0 Å². The van der Waals surface area contributed by atoms with Crippen molar-refractivity contribution in [3.8, 4) is 5.75 Å². The predicted molar refractivity (Wildman–Crippen MR) is 78.1 cm³/mol. The second-order valence-corrected chi connectivity index (χ2v) is 5.21. The van der Waals surface area contributed by atoms with E-state index in [4.69, 9.17) is 4.74 Å². The first-order valence-electron chi connectivity index (χ1n) is 6.16. The number of rotatable bonds is 5. The maximum Gasteiger partial charge on any atom is 0.261 e. The van der Waals surface area contributed by atoms with Crippen molar-refractivity contribution in [2.75, 3.05) is 13.7 Å². The number of nitrogens with one attached hydrogen (secondary N) is 1. The van der Waals surface area contributed by atoms with Crippen molar-refractivity contribution < 1.29 is 9.53 Å². The van der Waals surface area contributed by atoms with Gasteiger partial charge in [0.1, 0.15) is 5.75 Å². The number of amides is 1. The lowest BCUT2D eigenvalue weighted by Crippen LogP contribution is -2.25. The van der Waals surface area contributed by atoms with Gasteiger partial charge in [0, 0.05) is 6.54 Å². The topological polar surface area (TPSA) is 38.3 Å². The van der Waals surface area contributed by atoms with Crippen LogP contribution in [0.15, 0.2) is 35.7 Å². The van der Waals surface area contributed by atoms with E-state index in [1.807, 2.05) is 42.6 Å². The van der Waals surface area contributed by atoms with E-state index in [-0.39, 0.29) is 5.91 Å². The summed E-state index contributed by atoms with van der Waals surface area (Å²) in [7, 11) is 1.65. The minimum atomic E-state index is 0.00963. The van der Waals surface area contributed by atoms with Gasteiger partial charge in [-0.3, -0.25) is 4.79 Å². The smallest absolute Gasteiger partial charge is 0.261 e. The number of benzene rings is 1. The Balaban J connectivity index is 1.86. The summed E-state index contributed by atoms with van der Waals surface area (Å²) in [5, 5.41) is 4.88. The number of hydrogen-bond acceptors (Lipinski definition) is 3. The van der Waals surface area contributed by atoms with Crippen molar-refractivity contribution in [1.29, 1.82) is 0 Å². The van der Waals surface area contributed by atoms with E-state index in [1.54, 1.807) is 7.11 Å². The lowest BCUT2D eigenvalue weighted by Gasteiger charge is -2.06. The Bertz CT molecular complexity index is 563. The van der Waals surface area contributed by atoms with Crippen LogP contribution >= 0.6 is 11.3 Å². The van der Waals surface area contributed by atoms with Gasteiger partial charge in [-0.15, -0.1) is 11.3 Å². The van der Waals surface area contributed by atoms with Crippen LogP contribution < -0.4 is 10.1 Å². The van der Waals surface area contributed by atoms with Gasteiger partial charge < -0.3 is 10.1 Å². The molecule has 1 N–H and O–H groups in total. The zero-order valence-electron chi connectivity index (χ0n) is 11.1. The van der Waals surface area contributed by atoms with E-state index in [2.05, 4.69) is 5.32 Å². The van der Waals surface area contributed by atoms with E-state index in [9.17, 15) is 4.79 Å². The highest BCUT2D eigenvalue weighted by molar-refractivity contribution is 7.12. The third-order valence-electron chi connectivity index (χ3n) is 2.90. The summed E-state index contributed by atoms with van der Waals surface area (Å²) in [5.74, 6) is 0.855. The molecule has 0 saturated carbocycles. The van der Waals surface area contributed by atoms with Crippen LogP contribution in [0.5, 0.6) is 5.75 Å². The van der Waals surface area contributed by atoms with E-state index in [0.717, 1.165) is 28.2 Å². The molecule has 0 aliphatic carbocycles. The molecule has 0 spiro atoms. The van der Waals surface area contributed by atoms with Crippen LogP contribution in [-0.2, 0) is 6.42 Å². The number of carbonyl (C=O) groups is 1. The largest absolute Gasteiger partial charge is 0.497 e. The van der Waals surface area contributed by atoms with Crippen LogP contribution in [0.25, 0.3) is 0 Å². The second-order valence-electron chi connectivity index (χ2n) is 4.29. The van der Waals surface area contributed by atoms with E-state index in [0.29, 0.717) is 6.54 Å². The van der Waals surface area contributed by atoms with Gasteiger partial charge >= 0.3 is 0 Å². The number of aryl methyl sites for hydroxylation is 1. The lowest BCUT2D eigenvalue weighted by atomic mass is 10.1. The molecule has 0 bridgehead atoms. The van der Waals surface area contributed by atoms with Crippen molar-refractivity contribution >= 4 is 17.2 Å². The summed E-state index contributed by atoms with van der Waals surface area (Å²) in [6.45, 7) is 2.58. The molecule has 0 fully saturated rings. The average molecular weight is 275 g/mol. The predicted octanol–water partition coefficient (Wildman–Crippen LogP) is 3.04. The van der Waals surface area contributed by atoms with Crippen LogP contribution in [0.2, 0.25) is 0 Å². The van der Waals surface area contributed by atoms with Crippen LogP contribution in [-0.4, -0.2) is 19.6 Å². The van der Waals surface area contributed by atoms with Crippen molar-refractivity contribution in [2.45, 2.75) is 13.3 Å². The third kappa shape index (κ3) is 3.58. The Morgan fingerprint density at radius 3 is 2.89 bits per heavy atom. The van der Waals surface area contributed by atoms with Gasteiger partial charge in [-0.05, 0) is 48.1 Å². The molecule has 1 amide bonds. The van der Waals surface area contributed by atoms with Gasteiger partial charge in [0.15, 0.2) is 0 Å². The number of thiophene rings is 1. The molecular formula is C15H17NO2S. The fraction of sp³-hybridized carbons (Fsp3) is 0.267. The summed E-state index contributed by atoms with van der Waals surface area (Å²) in [6, 6.07) is 9.85. The van der Waals surface area contributed by atoms with Crippen LogP contribution in [0, 0.1) is 6.92 Å². The molecule has 0 radical (unpaired) electrons.